The van der Waals surface area contributed by atoms with E-state index >= 15 is 0 Å². The molecule has 8 heteroatoms. The Bertz CT molecular complexity index is 852. The average Bonchev–Trinajstić information content (AvgIpc) is 3.16. The molecular weight excluding hydrogens is 366 g/mol. The molecular formula is C18H19N5OS2. The maximum absolute atomic E-state index is 12.4. The van der Waals surface area contributed by atoms with Crippen molar-refractivity contribution in [3.8, 4) is 5.69 Å². The summed E-state index contributed by atoms with van der Waals surface area (Å²) in [5.41, 5.74) is 1.98. The third kappa shape index (κ3) is 4.64. The second kappa shape index (κ2) is 8.86. The molecule has 0 saturated heterocycles. The van der Waals surface area contributed by atoms with Crippen LogP contribution in [0.5, 0.6) is 0 Å². The molecule has 0 N–H and O–H groups in total. The Labute approximate surface area is 161 Å². The summed E-state index contributed by atoms with van der Waals surface area (Å²) in [6.45, 7) is 0.581. The molecule has 1 amide bonds. The topological polar surface area (TPSA) is 63.9 Å². The van der Waals surface area contributed by atoms with Crippen LogP contribution in [0.2, 0.25) is 0 Å². The van der Waals surface area contributed by atoms with E-state index in [-0.39, 0.29) is 11.7 Å². The van der Waals surface area contributed by atoms with E-state index < -0.39 is 0 Å². The molecule has 3 aromatic rings. The van der Waals surface area contributed by atoms with Crippen LogP contribution >= 0.6 is 23.5 Å². The third-order valence-electron chi connectivity index (χ3n) is 3.77. The van der Waals surface area contributed by atoms with E-state index in [9.17, 15) is 4.79 Å². The molecule has 3 rings (SSSR count). The molecule has 0 saturated carbocycles. The van der Waals surface area contributed by atoms with Crippen molar-refractivity contribution in [2.24, 2.45) is 0 Å². The van der Waals surface area contributed by atoms with Crippen LogP contribution in [0.4, 0.5) is 0 Å². The molecule has 0 radical (unpaired) electrons. The summed E-state index contributed by atoms with van der Waals surface area (Å²) in [5, 5.41) is 12.3. The quantitative estimate of drug-likeness (QED) is 0.582. The van der Waals surface area contributed by atoms with Crippen molar-refractivity contribution >= 4 is 29.4 Å². The van der Waals surface area contributed by atoms with Gasteiger partial charge in [-0.25, -0.2) is 0 Å². The highest BCUT2D eigenvalue weighted by molar-refractivity contribution is 7.99. The first-order valence-electron chi connectivity index (χ1n) is 8.01. The molecule has 1 aromatic heterocycles. The van der Waals surface area contributed by atoms with Gasteiger partial charge in [0, 0.05) is 18.5 Å². The minimum atomic E-state index is 0.0338. The molecule has 0 bridgehead atoms. The number of hydrogen-bond donors (Lipinski definition) is 0. The first-order valence-corrected chi connectivity index (χ1v) is 10.2. The van der Waals surface area contributed by atoms with Gasteiger partial charge in [-0.1, -0.05) is 42.1 Å². The average molecular weight is 386 g/mol. The van der Waals surface area contributed by atoms with Crippen molar-refractivity contribution in [2.75, 3.05) is 19.1 Å². The maximum atomic E-state index is 12.4. The smallest absolute Gasteiger partial charge is 0.233 e. The van der Waals surface area contributed by atoms with Crippen molar-refractivity contribution in [3.63, 3.8) is 0 Å². The lowest BCUT2D eigenvalue weighted by molar-refractivity contribution is -0.127. The summed E-state index contributed by atoms with van der Waals surface area (Å²) < 4.78 is 1.64. The Morgan fingerprint density at radius 1 is 1.12 bits per heavy atom. The number of thioether (sulfide) groups is 2. The van der Waals surface area contributed by atoms with Gasteiger partial charge in [-0.2, -0.15) is 4.68 Å². The standard InChI is InChI=1S/C18H19N5OS2/c1-22(12-14-8-10-16(25-2)11-9-14)17(24)13-26-18-19-20-21-23(18)15-6-4-3-5-7-15/h3-11H,12-13H2,1-2H3. The van der Waals surface area contributed by atoms with Crippen LogP contribution in [0.1, 0.15) is 5.56 Å². The summed E-state index contributed by atoms with van der Waals surface area (Å²) in [6.07, 6.45) is 2.05. The number of rotatable bonds is 7. The second-order valence-electron chi connectivity index (χ2n) is 5.60. The molecule has 26 heavy (non-hydrogen) atoms. The molecule has 2 aromatic carbocycles. The predicted molar refractivity (Wildman–Crippen MR) is 105 cm³/mol. The molecule has 6 nitrogen and oxygen atoms in total. The maximum Gasteiger partial charge on any atom is 0.233 e. The van der Waals surface area contributed by atoms with Gasteiger partial charge in [0.15, 0.2) is 0 Å². The Balaban J connectivity index is 1.58. The molecule has 1 heterocycles. The Kier molecular flexibility index (Phi) is 6.30. The highest BCUT2D eigenvalue weighted by atomic mass is 32.2. The normalized spacial score (nSPS) is 10.7. The highest BCUT2D eigenvalue weighted by Gasteiger charge is 2.14. The number of benzene rings is 2. The number of tetrazole rings is 1. The third-order valence-corrected chi connectivity index (χ3v) is 5.42. The summed E-state index contributed by atoms with van der Waals surface area (Å²) in [4.78, 5) is 15.4. The number of nitrogens with zero attached hydrogens (tertiary/aromatic N) is 5. The van der Waals surface area contributed by atoms with E-state index in [1.54, 1.807) is 21.3 Å². The van der Waals surface area contributed by atoms with Crippen LogP contribution in [0.3, 0.4) is 0 Å². The minimum absolute atomic E-state index is 0.0338. The number of hydrogen-bond acceptors (Lipinski definition) is 6. The van der Waals surface area contributed by atoms with E-state index in [0.29, 0.717) is 11.7 Å². The number of amides is 1. The number of carbonyl (C=O) groups excluding carboxylic acids is 1. The van der Waals surface area contributed by atoms with Gasteiger partial charge in [0.25, 0.3) is 0 Å². The van der Waals surface area contributed by atoms with Gasteiger partial charge in [0.2, 0.25) is 11.1 Å². The van der Waals surface area contributed by atoms with Crippen molar-refractivity contribution in [2.45, 2.75) is 16.6 Å². The van der Waals surface area contributed by atoms with E-state index in [0.717, 1.165) is 11.3 Å². The lowest BCUT2D eigenvalue weighted by Gasteiger charge is -2.17. The highest BCUT2D eigenvalue weighted by Crippen LogP contribution is 2.19. The molecule has 0 unspecified atom stereocenters. The lowest BCUT2D eigenvalue weighted by Crippen LogP contribution is -2.27. The van der Waals surface area contributed by atoms with Gasteiger partial charge in [0.1, 0.15) is 0 Å². The zero-order valence-electron chi connectivity index (χ0n) is 14.6. The van der Waals surface area contributed by atoms with Gasteiger partial charge in [-0.3, -0.25) is 4.79 Å². The van der Waals surface area contributed by atoms with E-state index in [1.807, 2.05) is 43.6 Å². The van der Waals surface area contributed by atoms with Crippen LogP contribution in [0.25, 0.3) is 5.69 Å². The van der Waals surface area contributed by atoms with Crippen molar-refractivity contribution < 1.29 is 4.79 Å². The summed E-state index contributed by atoms with van der Waals surface area (Å²) in [7, 11) is 1.81. The SMILES string of the molecule is CSc1ccc(CN(C)C(=O)CSc2nnnn2-c2ccccc2)cc1. The monoisotopic (exact) mass is 385 g/mol. The van der Waals surface area contributed by atoms with Crippen molar-refractivity contribution in [1.82, 2.24) is 25.1 Å². The van der Waals surface area contributed by atoms with Crippen LogP contribution in [0, 0.1) is 0 Å². The van der Waals surface area contributed by atoms with E-state index in [4.69, 9.17) is 0 Å². The van der Waals surface area contributed by atoms with Gasteiger partial charge < -0.3 is 4.90 Å². The summed E-state index contributed by atoms with van der Waals surface area (Å²) >= 11 is 3.04. The first-order chi connectivity index (χ1) is 12.7. The van der Waals surface area contributed by atoms with Crippen LogP contribution < -0.4 is 0 Å². The number of para-hydroxylation sites is 1. The van der Waals surface area contributed by atoms with Gasteiger partial charge >= 0.3 is 0 Å². The zero-order valence-corrected chi connectivity index (χ0v) is 16.2. The molecule has 0 fully saturated rings. The summed E-state index contributed by atoms with van der Waals surface area (Å²) in [5.74, 6) is 0.318. The second-order valence-corrected chi connectivity index (χ2v) is 7.42. The molecule has 134 valence electrons. The van der Waals surface area contributed by atoms with E-state index in [1.165, 1.54) is 16.7 Å². The first kappa shape index (κ1) is 18.5. The van der Waals surface area contributed by atoms with Crippen LogP contribution in [-0.4, -0.2) is 50.1 Å². The van der Waals surface area contributed by atoms with Crippen LogP contribution in [0.15, 0.2) is 64.6 Å². The Hall–Kier alpha value is -2.32. The fourth-order valence-electron chi connectivity index (χ4n) is 2.33. The minimum Gasteiger partial charge on any atom is -0.341 e. The van der Waals surface area contributed by atoms with Gasteiger partial charge in [0.05, 0.1) is 11.4 Å². The molecule has 0 aliphatic carbocycles. The predicted octanol–water partition coefficient (Wildman–Crippen LogP) is 3.13. The largest absolute Gasteiger partial charge is 0.341 e. The fraction of sp³-hybridized carbons (Fsp3) is 0.222. The molecule has 0 atom stereocenters. The van der Waals surface area contributed by atoms with Gasteiger partial charge in [-0.05, 0) is 46.5 Å². The lowest BCUT2D eigenvalue weighted by atomic mass is 10.2. The fourth-order valence-corrected chi connectivity index (χ4v) is 3.57. The Morgan fingerprint density at radius 3 is 2.54 bits per heavy atom. The van der Waals surface area contributed by atoms with Gasteiger partial charge in [-0.15, -0.1) is 16.9 Å². The number of carbonyl (C=O) groups is 1. The molecule has 0 spiro atoms. The van der Waals surface area contributed by atoms with Crippen molar-refractivity contribution in [1.29, 1.82) is 0 Å². The zero-order chi connectivity index (χ0) is 18.4. The Morgan fingerprint density at radius 2 is 1.85 bits per heavy atom. The van der Waals surface area contributed by atoms with Crippen molar-refractivity contribution in [3.05, 3.63) is 60.2 Å². The number of aromatic nitrogens is 4. The van der Waals surface area contributed by atoms with E-state index in [2.05, 4.69) is 39.8 Å². The molecule has 0 aliphatic rings. The summed E-state index contributed by atoms with van der Waals surface area (Å²) in [6, 6.07) is 17.9. The molecule has 0 aliphatic heterocycles. The van der Waals surface area contributed by atoms with Crippen LogP contribution in [-0.2, 0) is 11.3 Å².